The molecule has 7 nitrogen and oxygen atoms in total. The molecule has 0 bridgehead atoms. The molecule has 31 heavy (non-hydrogen) atoms. The summed E-state index contributed by atoms with van der Waals surface area (Å²) in [4.78, 5) is 14.3. The van der Waals surface area contributed by atoms with E-state index in [0.717, 1.165) is 38.0 Å². The minimum atomic E-state index is -3.07. The van der Waals surface area contributed by atoms with E-state index >= 15 is 0 Å². The first-order valence-corrected chi connectivity index (χ1v) is 12.8. The lowest BCUT2D eigenvalue weighted by Gasteiger charge is -2.36. The molecule has 2 rings (SSSR count). The molecule has 1 aliphatic rings. The van der Waals surface area contributed by atoms with Crippen molar-refractivity contribution in [3.63, 3.8) is 0 Å². The average Bonchev–Trinajstić information content (AvgIpc) is 2.66. The number of benzene rings is 1. The topological polar surface area (TPSA) is 81.8 Å². The van der Waals surface area contributed by atoms with Gasteiger partial charge < -0.3 is 15.5 Å². The normalized spacial score (nSPS) is 16.7. The third-order valence-electron chi connectivity index (χ3n) is 5.73. The summed E-state index contributed by atoms with van der Waals surface area (Å²) in [5.74, 6) is 0.538. The van der Waals surface area contributed by atoms with Gasteiger partial charge in [0.1, 0.15) is 0 Å². The summed E-state index contributed by atoms with van der Waals surface area (Å²) in [7, 11) is -3.07. The second-order valence-electron chi connectivity index (χ2n) is 8.70. The molecule has 9 heteroatoms. The van der Waals surface area contributed by atoms with E-state index in [1.165, 1.54) is 11.8 Å². The second-order valence-corrected chi connectivity index (χ2v) is 10.7. The Morgan fingerprint density at radius 1 is 1.16 bits per heavy atom. The van der Waals surface area contributed by atoms with Gasteiger partial charge in [-0.05, 0) is 70.2 Å². The molecule has 0 saturated carbocycles. The number of piperidine rings is 1. The van der Waals surface area contributed by atoms with E-state index in [9.17, 15) is 13.2 Å². The fraction of sp³-hybridized carbons (Fsp3) is 0.682. The minimum absolute atomic E-state index is 0. The van der Waals surface area contributed by atoms with Gasteiger partial charge in [0.15, 0.2) is 0 Å². The van der Waals surface area contributed by atoms with Crippen molar-refractivity contribution in [2.75, 3.05) is 37.8 Å². The van der Waals surface area contributed by atoms with Crippen molar-refractivity contribution in [1.29, 1.82) is 0 Å². The van der Waals surface area contributed by atoms with Crippen LogP contribution in [0.25, 0.3) is 0 Å². The molecule has 0 radical (unpaired) electrons. The highest BCUT2D eigenvalue weighted by Crippen LogP contribution is 2.22. The number of hydrogen-bond donors (Lipinski definition) is 2. The van der Waals surface area contributed by atoms with Gasteiger partial charge in [-0.3, -0.25) is 0 Å². The Hall–Kier alpha value is -1.35. The average molecular weight is 475 g/mol. The Kier molecular flexibility index (Phi) is 11.3. The van der Waals surface area contributed by atoms with Crippen LogP contribution < -0.4 is 10.6 Å². The molecule has 0 aliphatic carbocycles. The number of hydrogen-bond acceptors (Lipinski definition) is 4. The van der Waals surface area contributed by atoms with Gasteiger partial charge in [0.25, 0.3) is 0 Å². The van der Waals surface area contributed by atoms with E-state index in [1.807, 2.05) is 26.0 Å². The van der Waals surface area contributed by atoms with Crippen LogP contribution in [0.3, 0.4) is 0 Å². The van der Waals surface area contributed by atoms with Gasteiger partial charge in [0, 0.05) is 37.4 Å². The number of urea groups is 1. The van der Waals surface area contributed by atoms with Crippen molar-refractivity contribution in [2.45, 2.75) is 59.0 Å². The fourth-order valence-corrected chi connectivity index (χ4v) is 4.87. The molecule has 0 aromatic heterocycles. The Bertz CT molecular complexity index is 778. The minimum Gasteiger partial charge on any atom is -0.336 e. The summed E-state index contributed by atoms with van der Waals surface area (Å²) in [6.45, 7) is 11.5. The summed E-state index contributed by atoms with van der Waals surface area (Å²) in [6, 6.07) is 8.33. The molecule has 2 N–H and O–H groups in total. The number of anilines is 1. The predicted molar refractivity (Wildman–Crippen MR) is 131 cm³/mol. The van der Waals surface area contributed by atoms with Crippen LogP contribution in [0.2, 0.25) is 0 Å². The first-order chi connectivity index (χ1) is 14.1. The van der Waals surface area contributed by atoms with Crippen LogP contribution in [0.5, 0.6) is 0 Å². The highest BCUT2D eigenvalue weighted by atomic mass is 35.5. The van der Waals surface area contributed by atoms with Crippen LogP contribution in [0.4, 0.5) is 10.5 Å². The molecule has 1 aromatic rings. The first-order valence-electron chi connectivity index (χ1n) is 10.9. The first kappa shape index (κ1) is 27.7. The van der Waals surface area contributed by atoms with Crippen LogP contribution >= 0.6 is 12.4 Å². The van der Waals surface area contributed by atoms with Crippen molar-refractivity contribution < 1.29 is 13.2 Å². The van der Waals surface area contributed by atoms with Gasteiger partial charge >= 0.3 is 6.03 Å². The Morgan fingerprint density at radius 2 is 1.74 bits per heavy atom. The van der Waals surface area contributed by atoms with Gasteiger partial charge in [0.05, 0.1) is 6.26 Å². The number of amides is 2. The van der Waals surface area contributed by atoms with Crippen molar-refractivity contribution in [3.8, 4) is 0 Å². The van der Waals surface area contributed by atoms with Crippen LogP contribution in [0, 0.1) is 5.92 Å². The number of halogens is 1. The lowest BCUT2D eigenvalue weighted by molar-refractivity contribution is 0.152. The molecule has 1 aliphatic heterocycles. The third kappa shape index (κ3) is 9.35. The van der Waals surface area contributed by atoms with Crippen LogP contribution in [-0.2, 0) is 16.4 Å². The molecule has 1 unspecified atom stereocenters. The van der Waals surface area contributed by atoms with Crippen LogP contribution in [-0.4, -0.2) is 68.2 Å². The quantitative estimate of drug-likeness (QED) is 0.573. The summed E-state index contributed by atoms with van der Waals surface area (Å²) < 4.78 is 25.0. The standard InChI is InChI=1S/C22H38N4O3S.ClH/c1-6-25(16-20-11-13-26(14-12-20)30(5,28)29)18(4)15-19-7-9-21(10-8-19)24-22(27)23-17(2)3;/h7-10,17-18,20H,6,11-16H2,1-5H3,(H2,23,24,27);1H. The predicted octanol–water partition coefficient (Wildman–Crippen LogP) is 3.56. The van der Waals surface area contributed by atoms with Crippen LogP contribution in [0.15, 0.2) is 24.3 Å². The summed E-state index contributed by atoms with van der Waals surface area (Å²) in [5.41, 5.74) is 2.03. The highest BCUT2D eigenvalue weighted by Gasteiger charge is 2.27. The lowest BCUT2D eigenvalue weighted by Crippen LogP contribution is -2.43. The summed E-state index contributed by atoms with van der Waals surface area (Å²) >= 11 is 0. The van der Waals surface area contributed by atoms with E-state index in [4.69, 9.17) is 0 Å². The van der Waals surface area contributed by atoms with Crippen molar-refractivity contribution in [2.24, 2.45) is 5.92 Å². The number of sulfonamides is 1. The van der Waals surface area contributed by atoms with Gasteiger partial charge in [-0.1, -0.05) is 19.1 Å². The number of nitrogens with one attached hydrogen (secondary N) is 2. The van der Waals surface area contributed by atoms with E-state index < -0.39 is 10.0 Å². The molecular weight excluding hydrogens is 436 g/mol. The smallest absolute Gasteiger partial charge is 0.319 e. The second kappa shape index (κ2) is 12.6. The van der Waals surface area contributed by atoms with Crippen LogP contribution in [0.1, 0.15) is 46.1 Å². The Balaban J connectivity index is 0.00000480. The van der Waals surface area contributed by atoms with E-state index in [0.29, 0.717) is 25.0 Å². The molecule has 178 valence electrons. The zero-order valence-corrected chi connectivity index (χ0v) is 21.1. The van der Waals surface area contributed by atoms with Gasteiger partial charge in [-0.15, -0.1) is 12.4 Å². The molecule has 1 saturated heterocycles. The van der Waals surface area contributed by atoms with E-state index in [-0.39, 0.29) is 24.5 Å². The van der Waals surface area contributed by atoms with E-state index in [1.54, 1.807) is 4.31 Å². The monoisotopic (exact) mass is 474 g/mol. The summed E-state index contributed by atoms with van der Waals surface area (Å²) in [6.07, 6.45) is 4.09. The van der Waals surface area contributed by atoms with Crippen molar-refractivity contribution >= 4 is 34.1 Å². The number of rotatable bonds is 9. The number of likely N-dealkylation sites (N-methyl/N-ethyl adjacent to an activating group) is 1. The SMILES string of the molecule is CCN(CC1CCN(S(C)(=O)=O)CC1)C(C)Cc1ccc(NC(=O)NC(C)C)cc1.Cl. The summed E-state index contributed by atoms with van der Waals surface area (Å²) in [5, 5.41) is 5.67. The Morgan fingerprint density at radius 3 is 2.23 bits per heavy atom. The maximum absolute atomic E-state index is 11.8. The zero-order valence-electron chi connectivity index (χ0n) is 19.4. The third-order valence-corrected chi connectivity index (χ3v) is 7.03. The molecule has 0 spiro atoms. The lowest BCUT2D eigenvalue weighted by atomic mass is 9.96. The number of carbonyl (C=O) groups excluding carboxylic acids is 1. The van der Waals surface area contributed by atoms with Gasteiger partial charge in [-0.25, -0.2) is 17.5 Å². The Labute approximate surface area is 194 Å². The number of nitrogens with zero attached hydrogens (tertiary/aromatic N) is 2. The van der Waals surface area contributed by atoms with Crippen molar-refractivity contribution in [3.05, 3.63) is 29.8 Å². The molecule has 1 aromatic carbocycles. The molecular formula is C22H39ClN4O3S. The maximum Gasteiger partial charge on any atom is 0.319 e. The zero-order chi connectivity index (χ0) is 22.3. The largest absolute Gasteiger partial charge is 0.336 e. The molecule has 1 heterocycles. The molecule has 1 fully saturated rings. The highest BCUT2D eigenvalue weighted by molar-refractivity contribution is 7.88. The van der Waals surface area contributed by atoms with Crippen molar-refractivity contribution in [1.82, 2.24) is 14.5 Å². The molecule has 1 atom stereocenters. The van der Waals surface area contributed by atoms with Gasteiger partial charge in [-0.2, -0.15) is 0 Å². The van der Waals surface area contributed by atoms with Gasteiger partial charge in [0.2, 0.25) is 10.0 Å². The fourth-order valence-electron chi connectivity index (χ4n) is 4.00. The maximum atomic E-state index is 11.8. The number of carbonyl (C=O) groups is 1. The molecule has 2 amide bonds. The van der Waals surface area contributed by atoms with E-state index in [2.05, 4.69) is 41.5 Å².